The lowest BCUT2D eigenvalue weighted by atomic mass is 9.97. The summed E-state index contributed by atoms with van der Waals surface area (Å²) in [6, 6.07) is 24.2. The van der Waals surface area contributed by atoms with Crippen LogP contribution in [0.2, 0.25) is 0 Å². The van der Waals surface area contributed by atoms with Crippen molar-refractivity contribution in [2.45, 2.75) is 17.7 Å². The molecule has 0 saturated carbocycles. The number of ether oxygens (including phenoxy) is 1. The molecule has 0 amide bonds. The Morgan fingerprint density at radius 3 is 2.34 bits per heavy atom. The van der Waals surface area contributed by atoms with Crippen molar-refractivity contribution in [1.29, 1.82) is 0 Å². The lowest BCUT2D eigenvalue weighted by molar-refractivity contribution is 0.215. The summed E-state index contributed by atoms with van der Waals surface area (Å²) in [5.74, 6) is 0.958. The average Bonchev–Trinajstić information content (AvgIpc) is 2.83. The van der Waals surface area contributed by atoms with E-state index in [-0.39, 0.29) is 5.92 Å². The SMILES string of the molecule is COc1ccc(N(CC2CCCN(C)C2)S(=O)(=O)c2ccccc2)c(-c2ccccc2)c1. The Bertz CT molecular complexity index is 1130. The summed E-state index contributed by atoms with van der Waals surface area (Å²) in [5.41, 5.74) is 2.47. The Kier molecular flexibility index (Phi) is 6.82. The van der Waals surface area contributed by atoms with E-state index in [1.165, 1.54) is 0 Å². The lowest BCUT2D eigenvalue weighted by Crippen LogP contribution is -2.42. The highest BCUT2D eigenvalue weighted by Gasteiger charge is 2.31. The van der Waals surface area contributed by atoms with Gasteiger partial charge in [-0.2, -0.15) is 0 Å². The van der Waals surface area contributed by atoms with Gasteiger partial charge in [0.05, 0.1) is 17.7 Å². The normalized spacial score (nSPS) is 17.1. The van der Waals surface area contributed by atoms with Gasteiger partial charge in [-0.05, 0) is 68.2 Å². The first kappa shape index (κ1) is 22.4. The molecule has 0 bridgehead atoms. The van der Waals surface area contributed by atoms with Crippen LogP contribution in [0, 0.1) is 5.92 Å². The van der Waals surface area contributed by atoms with Crippen molar-refractivity contribution in [2.75, 3.05) is 38.1 Å². The van der Waals surface area contributed by atoms with Crippen LogP contribution in [0.3, 0.4) is 0 Å². The molecule has 32 heavy (non-hydrogen) atoms. The maximum Gasteiger partial charge on any atom is 0.264 e. The summed E-state index contributed by atoms with van der Waals surface area (Å²) in [4.78, 5) is 2.59. The second kappa shape index (κ2) is 9.76. The molecule has 3 aromatic carbocycles. The summed E-state index contributed by atoms with van der Waals surface area (Å²) < 4.78 is 34.9. The zero-order chi connectivity index (χ0) is 22.6. The number of rotatable bonds is 7. The van der Waals surface area contributed by atoms with Crippen LogP contribution in [0.15, 0.2) is 83.8 Å². The van der Waals surface area contributed by atoms with Gasteiger partial charge in [0.2, 0.25) is 0 Å². The van der Waals surface area contributed by atoms with Crippen molar-refractivity contribution in [1.82, 2.24) is 4.90 Å². The topological polar surface area (TPSA) is 49.9 Å². The Labute approximate surface area is 191 Å². The van der Waals surface area contributed by atoms with Gasteiger partial charge in [0.15, 0.2) is 0 Å². The predicted molar refractivity (Wildman–Crippen MR) is 130 cm³/mol. The Hall–Kier alpha value is -2.83. The first-order valence-electron chi connectivity index (χ1n) is 11.0. The molecule has 0 radical (unpaired) electrons. The molecule has 1 aliphatic rings. The monoisotopic (exact) mass is 450 g/mol. The Morgan fingerprint density at radius 2 is 1.69 bits per heavy atom. The maximum absolute atomic E-state index is 13.9. The van der Waals surface area contributed by atoms with Gasteiger partial charge >= 0.3 is 0 Å². The van der Waals surface area contributed by atoms with Crippen LogP contribution in [0.4, 0.5) is 5.69 Å². The highest BCUT2D eigenvalue weighted by atomic mass is 32.2. The van der Waals surface area contributed by atoms with Crippen LogP contribution in [0.25, 0.3) is 11.1 Å². The van der Waals surface area contributed by atoms with E-state index in [0.29, 0.717) is 22.9 Å². The van der Waals surface area contributed by atoms with E-state index in [1.54, 1.807) is 35.7 Å². The fraction of sp³-hybridized carbons (Fsp3) is 0.308. The lowest BCUT2D eigenvalue weighted by Gasteiger charge is -2.35. The molecule has 1 aliphatic heterocycles. The molecule has 1 atom stereocenters. The van der Waals surface area contributed by atoms with E-state index in [1.807, 2.05) is 54.6 Å². The van der Waals surface area contributed by atoms with Crippen molar-refractivity contribution in [3.63, 3.8) is 0 Å². The minimum atomic E-state index is -3.75. The fourth-order valence-electron chi connectivity index (χ4n) is 4.41. The first-order valence-corrected chi connectivity index (χ1v) is 12.4. The van der Waals surface area contributed by atoms with Crippen molar-refractivity contribution >= 4 is 15.7 Å². The molecule has 6 heteroatoms. The summed E-state index contributed by atoms with van der Waals surface area (Å²) in [5, 5.41) is 0. The number of hydrogen-bond donors (Lipinski definition) is 0. The van der Waals surface area contributed by atoms with E-state index in [2.05, 4.69) is 11.9 Å². The number of likely N-dealkylation sites (tertiary alicyclic amines) is 1. The number of sulfonamides is 1. The van der Waals surface area contributed by atoms with Crippen LogP contribution in [-0.4, -0.2) is 47.1 Å². The maximum atomic E-state index is 13.9. The van der Waals surface area contributed by atoms with Crippen LogP contribution >= 0.6 is 0 Å². The number of benzene rings is 3. The molecule has 1 saturated heterocycles. The third kappa shape index (κ3) is 4.81. The third-order valence-electron chi connectivity index (χ3n) is 6.03. The minimum absolute atomic E-state index is 0.262. The molecule has 1 unspecified atom stereocenters. The minimum Gasteiger partial charge on any atom is -0.497 e. The zero-order valence-electron chi connectivity index (χ0n) is 18.6. The number of hydrogen-bond acceptors (Lipinski definition) is 4. The Morgan fingerprint density at radius 1 is 1.00 bits per heavy atom. The number of anilines is 1. The summed E-state index contributed by atoms with van der Waals surface area (Å²) >= 11 is 0. The molecule has 0 spiro atoms. The van der Waals surface area contributed by atoms with Crippen molar-refractivity contribution in [3.8, 4) is 16.9 Å². The second-order valence-electron chi connectivity index (χ2n) is 8.37. The second-order valence-corrected chi connectivity index (χ2v) is 10.2. The van der Waals surface area contributed by atoms with Crippen LogP contribution < -0.4 is 9.04 Å². The van der Waals surface area contributed by atoms with E-state index in [4.69, 9.17) is 4.74 Å². The quantitative estimate of drug-likeness (QED) is 0.514. The molecule has 4 rings (SSSR count). The van der Waals surface area contributed by atoms with E-state index in [9.17, 15) is 8.42 Å². The van der Waals surface area contributed by atoms with Crippen molar-refractivity contribution in [3.05, 3.63) is 78.9 Å². The van der Waals surface area contributed by atoms with E-state index in [0.717, 1.165) is 37.1 Å². The predicted octanol–water partition coefficient (Wildman–Crippen LogP) is 4.90. The molecule has 0 N–H and O–H groups in total. The molecule has 0 aliphatic carbocycles. The smallest absolute Gasteiger partial charge is 0.264 e. The molecule has 3 aromatic rings. The summed E-state index contributed by atoms with van der Waals surface area (Å²) in [6.45, 7) is 2.38. The highest BCUT2D eigenvalue weighted by Crippen LogP contribution is 2.38. The molecule has 0 aromatic heterocycles. The van der Waals surface area contributed by atoms with Crippen LogP contribution in [0.5, 0.6) is 5.75 Å². The molecule has 5 nitrogen and oxygen atoms in total. The first-order chi connectivity index (χ1) is 15.5. The van der Waals surface area contributed by atoms with Gasteiger partial charge in [0.25, 0.3) is 10.0 Å². The number of methoxy groups -OCH3 is 1. The van der Waals surface area contributed by atoms with Gasteiger partial charge in [-0.3, -0.25) is 4.31 Å². The number of nitrogens with zero attached hydrogens (tertiary/aromatic N) is 2. The molecule has 1 fully saturated rings. The molecular weight excluding hydrogens is 420 g/mol. The van der Waals surface area contributed by atoms with Crippen molar-refractivity contribution < 1.29 is 13.2 Å². The van der Waals surface area contributed by atoms with Crippen molar-refractivity contribution in [2.24, 2.45) is 5.92 Å². The molecule has 168 valence electrons. The standard InChI is InChI=1S/C26H30N2O3S/c1-27-17-9-10-21(19-27)20-28(32(29,30)24-13-7-4-8-14-24)26-16-15-23(31-2)18-25(26)22-11-5-3-6-12-22/h3-8,11-16,18,21H,9-10,17,19-20H2,1-2H3. The van der Waals surface area contributed by atoms with Gasteiger partial charge in [-0.15, -0.1) is 0 Å². The molecule has 1 heterocycles. The molecular formula is C26H30N2O3S. The summed E-state index contributed by atoms with van der Waals surface area (Å²) in [6.07, 6.45) is 2.09. The van der Waals surface area contributed by atoms with Gasteiger partial charge < -0.3 is 9.64 Å². The van der Waals surface area contributed by atoms with Gasteiger partial charge in [0.1, 0.15) is 5.75 Å². The van der Waals surface area contributed by atoms with E-state index >= 15 is 0 Å². The van der Waals surface area contributed by atoms with Gasteiger partial charge in [-0.1, -0.05) is 48.5 Å². The van der Waals surface area contributed by atoms with Gasteiger partial charge in [-0.25, -0.2) is 8.42 Å². The average molecular weight is 451 g/mol. The van der Waals surface area contributed by atoms with Crippen LogP contribution in [0.1, 0.15) is 12.8 Å². The summed E-state index contributed by atoms with van der Waals surface area (Å²) in [7, 11) is -0.0198. The van der Waals surface area contributed by atoms with E-state index < -0.39 is 10.0 Å². The number of piperidine rings is 1. The van der Waals surface area contributed by atoms with Crippen LogP contribution in [-0.2, 0) is 10.0 Å². The zero-order valence-corrected chi connectivity index (χ0v) is 19.5. The third-order valence-corrected chi connectivity index (χ3v) is 7.83. The highest BCUT2D eigenvalue weighted by molar-refractivity contribution is 7.92. The fourth-order valence-corrected chi connectivity index (χ4v) is 5.99. The Balaban J connectivity index is 1.85. The van der Waals surface area contributed by atoms with Gasteiger partial charge in [0, 0.05) is 18.7 Å². The largest absolute Gasteiger partial charge is 0.497 e.